The Morgan fingerprint density at radius 3 is 2.00 bits per heavy atom. The van der Waals surface area contributed by atoms with Gasteiger partial charge >= 0.3 is 0 Å². The van der Waals surface area contributed by atoms with Crippen LogP contribution in [0.15, 0.2) is 24.3 Å². The Hall–Kier alpha value is -0.893. The van der Waals surface area contributed by atoms with Crippen LogP contribution in [0.3, 0.4) is 0 Å². The van der Waals surface area contributed by atoms with Crippen LogP contribution in [0.2, 0.25) is 25.7 Å². The molecule has 0 heterocycles. The molecule has 20 heavy (non-hydrogen) atoms. The van der Waals surface area contributed by atoms with Gasteiger partial charge < -0.3 is 0 Å². The molecule has 0 saturated carbocycles. The van der Waals surface area contributed by atoms with Crippen LogP contribution in [0.5, 0.6) is 0 Å². The summed E-state index contributed by atoms with van der Waals surface area (Å²) >= 11 is 0. The second kappa shape index (κ2) is 6.25. The Morgan fingerprint density at radius 1 is 1.10 bits per heavy atom. The van der Waals surface area contributed by atoms with Gasteiger partial charge in [0.2, 0.25) is 0 Å². The van der Waals surface area contributed by atoms with Crippen molar-refractivity contribution in [1.29, 1.82) is 0 Å². The highest BCUT2D eigenvalue weighted by Crippen LogP contribution is 2.23. The van der Waals surface area contributed by atoms with E-state index in [0.717, 1.165) is 12.5 Å². The van der Waals surface area contributed by atoms with E-state index < -0.39 is 8.07 Å². The molecule has 0 fully saturated rings. The summed E-state index contributed by atoms with van der Waals surface area (Å²) in [6.07, 6.45) is 0.869. The Bertz CT molecular complexity index is 446. The Labute approximate surface area is 125 Å². The molecule has 1 aromatic carbocycles. The lowest BCUT2D eigenvalue weighted by Gasteiger charge is -2.20. The Kier molecular flexibility index (Phi) is 5.37. The standard InChI is InChI=1S/C18H30OSi/c1-14(17(19)13-20(5,6)7)12-15-8-10-16(11-9-15)18(2,3)4/h8-11,14H,12-13H2,1-7H3. The molecular weight excluding hydrogens is 260 g/mol. The van der Waals surface area contributed by atoms with E-state index in [2.05, 4.69) is 71.6 Å². The van der Waals surface area contributed by atoms with Gasteiger partial charge in [0.25, 0.3) is 0 Å². The van der Waals surface area contributed by atoms with E-state index in [1.807, 2.05) is 0 Å². The topological polar surface area (TPSA) is 17.1 Å². The highest BCUT2D eigenvalue weighted by Gasteiger charge is 2.22. The van der Waals surface area contributed by atoms with E-state index in [9.17, 15) is 4.79 Å². The first-order valence-electron chi connectivity index (χ1n) is 7.61. The molecule has 1 aromatic rings. The second-order valence-corrected chi connectivity index (χ2v) is 13.7. The predicted molar refractivity (Wildman–Crippen MR) is 91.2 cm³/mol. The number of rotatable bonds is 5. The van der Waals surface area contributed by atoms with Gasteiger partial charge in [-0.25, -0.2) is 0 Å². The Morgan fingerprint density at radius 2 is 1.60 bits per heavy atom. The first kappa shape index (κ1) is 17.2. The van der Waals surface area contributed by atoms with Crippen LogP contribution >= 0.6 is 0 Å². The van der Waals surface area contributed by atoms with Gasteiger partial charge in [0, 0.05) is 12.0 Å². The van der Waals surface area contributed by atoms with Gasteiger partial charge in [-0.1, -0.05) is 71.6 Å². The monoisotopic (exact) mass is 290 g/mol. The fourth-order valence-electron chi connectivity index (χ4n) is 2.31. The molecule has 0 aliphatic rings. The molecule has 0 bridgehead atoms. The van der Waals surface area contributed by atoms with Crippen molar-refractivity contribution in [2.75, 3.05) is 0 Å². The molecule has 0 amide bonds. The minimum absolute atomic E-state index is 0.141. The van der Waals surface area contributed by atoms with Crippen LogP contribution in [0.4, 0.5) is 0 Å². The summed E-state index contributed by atoms with van der Waals surface area (Å²) in [6.45, 7) is 15.5. The number of hydrogen-bond donors (Lipinski definition) is 0. The third kappa shape index (κ3) is 5.62. The van der Waals surface area contributed by atoms with Crippen molar-refractivity contribution in [3.05, 3.63) is 35.4 Å². The van der Waals surface area contributed by atoms with E-state index >= 15 is 0 Å². The molecule has 1 unspecified atom stereocenters. The largest absolute Gasteiger partial charge is 0.300 e. The summed E-state index contributed by atoms with van der Waals surface area (Å²) < 4.78 is 0. The normalized spacial score (nSPS) is 14.2. The highest BCUT2D eigenvalue weighted by atomic mass is 28.3. The van der Waals surface area contributed by atoms with Crippen molar-refractivity contribution in [2.24, 2.45) is 5.92 Å². The summed E-state index contributed by atoms with van der Waals surface area (Å²) in [7, 11) is -1.28. The molecule has 1 atom stereocenters. The number of hydrogen-bond acceptors (Lipinski definition) is 1. The van der Waals surface area contributed by atoms with Crippen LogP contribution < -0.4 is 0 Å². The van der Waals surface area contributed by atoms with Gasteiger partial charge in [-0.05, 0) is 23.0 Å². The van der Waals surface area contributed by atoms with Gasteiger partial charge in [0.05, 0.1) is 8.07 Å². The van der Waals surface area contributed by atoms with Gasteiger partial charge in [-0.3, -0.25) is 4.79 Å². The van der Waals surface area contributed by atoms with Crippen molar-refractivity contribution >= 4 is 13.9 Å². The Balaban J connectivity index is 2.67. The molecule has 0 aliphatic heterocycles. The molecule has 2 heteroatoms. The van der Waals surface area contributed by atoms with Gasteiger partial charge in [-0.15, -0.1) is 0 Å². The predicted octanol–water partition coefficient (Wildman–Crippen LogP) is 5.07. The summed E-state index contributed by atoms with van der Waals surface area (Å²) in [5, 5.41) is 0. The van der Waals surface area contributed by atoms with E-state index in [-0.39, 0.29) is 11.3 Å². The van der Waals surface area contributed by atoms with Crippen molar-refractivity contribution in [3.63, 3.8) is 0 Å². The van der Waals surface area contributed by atoms with Crippen molar-refractivity contribution in [3.8, 4) is 0 Å². The van der Waals surface area contributed by atoms with Crippen molar-refractivity contribution in [1.82, 2.24) is 0 Å². The third-order valence-electron chi connectivity index (χ3n) is 3.62. The first-order chi connectivity index (χ1) is 8.99. The summed E-state index contributed by atoms with van der Waals surface area (Å²) in [5.41, 5.74) is 2.81. The maximum Gasteiger partial charge on any atom is 0.133 e. The summed E-state index contributed by atoms with van der Waals surface area (Å²) in [6, 6.07) is 9.56. The number of benzene rings is 1. The maximum atomic E-state index is 12.2. The van der Waals surface area contributed by atoms with Gasteiger partial charge in [0.1, 0.15) is 5.78 Å². The van der Waals surface area contributed by atoms with E-state index in [0.29, 0.717) is 5.78 Å². The summed E-state index contributed by atoms with van der Waals surface area (Å²) in [5.74, 6) is 0.575. The van der Waals surface area contributed by atoms with E-state index in [1.165, 1.54) is 11.1 Å². The molecule has 1 rings (SSSR count). The molecule has 0 radical (unpaired) electrons. The van der Waals surface area contributed by atoms with Crippen LogP contribution in [0.1, 0.15) is 38.8 Å². The van der Waals surface area contributed by atoms with E-state index in [4.69, 9.17) is 0 Å². The molecule has 0 saturated heterocycles. The third-order valence-corrected chi connectivity index (χ3v) is 5.03. The molecule has 1 nitrogen and oxygen atoms in total. The number of carbonyl (C=O) groups is 1. The zero-order valence-corrected chi connectivity index (χ0v) is 15.2. The lowest BCUT2D eigenvalue weighted by Crippen LogP contribution is -2.27. The minimum Gasteiger partial charge on any atom is -0.300 e. The summed E-state index contributed by atoms with van der Waals surface area (Å²) in [4.78, 5) is 12.2. The average molecular weight is 291 g/mol. The lowest BCUT2D eigenvalue weighted by molar-refractivity contribution is -0.120. The van der Waals surface area contributed by atoms with Crippen LogP contribution in [-0.4, -0.2) is 13.9 Å². The van der Waals surface area contributed by atoms with Gasteiger partial charge in [0.15, 0.2) is 0 Å². The van der Waals surface area contributed by atoms with Crippen molar-refractivity contribution < 1.29 is 4.79 Å². The highest BCUT2D eigenvalue weighted by molar-refractivity contribution is 6.78. The lowest BCUT2D eigenvalue weighted by atomic mass is 9.86. The molecule has 0 aromatic heterocycles. The first-order valence-corrected chi connectivity index (χ1v) is 11.3. The maximum absolute atomic E-state index is 12.2. The number of Topliss-reactive ketones (excluding diaryl/α,β-unsaturated/α-hetero) is 1. The molecule has 112 valence electrons. The number of carbonyl (C=O) groups excluding carboxylic acids is 1. The minimum atomic E-state index is -1.28. The quantitative estimate of drug-likeness (QED) is 0.692. The second-order valence-electron chi connectivity index (χ2n) is 8.26. The van der Waals surface area contributed by atoms with Crippen LogP contribution in [0, 0.1) is 5.92 Å². The molecular formula is C18H30OSi. The SMILES string of the molecule is CC(Cc1ccc(C(C)(C)C)cc1)C(=O)C[Si](C)(C)C. The average Bonchev–Trinajstić information content (AvgIpc) is 2.26. The number of ketones is 1. The fraction of sp³-hybridized carbons (Fsp3) is 0.611. The van der Waals surface area contributed by atoms with E-state index in [1.54, 1.807) is 0 Å². The zero-order valence-electron chi connectivity index (χ0n) is 14.2. The van der Waals surface area contributed by atoms with Gasteiger partial charge in [-0.2, -0.15) is 0 Å². The molecule has 0 spiro atoms. The van der Waals surface area contributed by atoms with Crippen molar-refractivity contribution in [2.45, 2.75) is 65.2 Å². The zero-order chi connectivity index (χ0) is 15.6. The smallest absolute Gasteiger partial charge is 0.133 e. The molecule has 0 N–H and O–H groups in total. The van der Waals surface area contributed by atoms with Crippen LogP contribution in [-0.2, 0) is 16.6 Å². The fourth-order valence-corrected chi connectivity index (χ4v) is 3.70. The van der Waals surface area contributed by atoms with Crippen LogP contribution in [0.25, 0.3) is 0 Å². The molecule has 0 aliphatic carbocycles.